The second-order valence-corrected chi connectivity index (χ2v) is 7.01. The van der Waals surface area contributed by atoms with Crippen LogP contribution in [0.1, 0.15) is 12.5 Å². The van der Waals surface area contributed by atoms with Crippen LogP contribution < -0.4 is 15.1 Å². The Kier molecular flexibility index (Phi) is 8.94. The van der Waals surface area contributed by atoms with Gasteiger partial charge in [-0.3, -0.25) is 0 Å². The molecule has 0 atom stereocenters. The highest BCUT2D eigenvalue weighted by molar-refractivity contribution is 14.0. The van der Waals surface area contributed by atoms with E-state index in [9.17, 15) is 4.39 Å². The summed E-state index contributed by atoms with van der Waals surface area (Å²) >= 11 is 0. The van der Waals surface area contributed by atoms with Crippen molar-refractivity contribution in [2.75, 3.05) is 56.6 Å². The molecule has 2 aromatic rings. The maximum absolute atomic E-state index is 14.2. The molecule has 1 fully saturated rings. The van der Waals surface area contributed by atoms with Crippen LogP contribution in [0.15, 0.2) is 47.6 Å². The van der Waals surface area contributed by atoms with Crippen LogP contribution in [0.2, 0.25) is 0 Å². The highest BCUT2D eigenvalue weighted by Crippen LogP contribution is 2.19. The lowest BCUT2D eigenvalue weighted by molar-refractivity contribution is 0.371. The fourth-order valence-corrected chi connectivity index (χ4v) is 3.29. The van der Waals surface area contributed by atoms with Crippen LogP contribution in [0.4, 0.5) is 15.9 Å². The fraction of sp³-hybridized carbons (Fsp3) is 0.429. The highest BCUT2D eigenvalue weighted by atomic mass is 127. The molecule has 1 aromatic carbocycles. The first-order valence-corrected chi connectivity index (χ1v) is 9.73. The van der Waals surface area contributed by atoms with Gasteiger partial charge in [-0.25, -0.2) is 14.4 Å². The monoisotopic (exact) mass is 512 g/mol. The van der Waals surface area contributed by atoms with Crippen molar-refractivity contribution in [2.45, 2.75) is 13.5 Å². The van der Waals surface area contributed by atoms with E-state index >= 15 is 0 Å². The van der Waals surface area contributed by atoms with E-state index in [4.69, 9.17) is 4.99 Å². The van der Waals surface area contributed by atoms with Crippen molar-refractivity contribution < 1.29 is 4.39 Å². The number of aliphatic imine (C=N–C) groups is 1. The number of nitrogens with one attached hydrogen (secondary N) is 1. The SMILES string of the molecule is CCNC(=NCc1ccc(N(C)C)c(F)c1)N1CCN(c2ccccn2)CC1.I. The van der Waals surface area contributed by atoms with E-state index in [2.05, 4.69) is 27.0 Å². The zero-order valence-corrected chi connectivity index (χ0v) is 19.6. The van der Waals surface area contributed by atoms with Gasteiger partial charge in [0.2, 0.25) is 0 Å². The lowest BCUT2D eigenvalue weighted by Gasteiger charge is -2.37. The van der Waals surface area contributed by atoms with Crippen LogP contribution in [0.25, 0.3) is 0 Å². The van der Waals surface area contributed by atoms with E-state index in [0.29, 0.717) is 12.2 Å². The topological polar surface area (TPSA) is 47.0 Å². The normalized spacial score (nSPS) is 14.4. The zero-order chi connectivity index (χ0) is 19.9. The molecule has 29 heavy (non-hydrogen) atoms. The zero-order valence-electron chi connectivity index (χ0n) is 17.3. The summed E-state index contributed by atoms with van der Waals surface area (Å²) in [7, 11) is 3.67. The molecule has 0 bridgehead atoms. The number of guanidine groups is 1. The lowest BCUT2D eigenvalue weighted by Crippen LogP contribution is -2.52. The molecule has 0 unspecified atom stereocenters. The predicted octanol–water partition coefficient (Wildman–Crippen LogP) is 3.19. The number of anilines is 2. The van der Waals surface area contributed by atoms with E-state index in [0.717, 1.165) is 50.1 Å². The van der Waals surface area contributed by atoms with Gasteiger partial charge in [0.15, 0.2) is 5.96 Å². The number of halogens is 2. The molecule has 158 valence electrons. The summed E-state index contributed by atoms with van der Waals surface area (Å²) < 4.78 is 14.2. The van der Waals surface area contributed by atoms with E-state index < -0.39 is 0 Å². The Morgan fingerprint density at radius 1 is 1.17 bits per heavy atom. The van der Waals surface area contributed by atoms with Crippen LogP contribution >= 0.6 is 24.0 Å². The fourth-order valence-electron chi connectivity index (χ4n) is 3.29. The van der Waals surface area contributed by atoms with E-state index in [1.165, 1.54) is 0 Å². The smallest absolute Gasteiger partial charge is 0.194 e. The average Bonchev–Trinajstić information content (AvgIpc) is 2.72. The van der Waals surface area contributed by atoms with Crippen LogP contribution in [-0.4, -0.2) is 62.7 Å². The number of hydrogen-bond donors (Lipinski definition) is 1. The molecule has 3 rings (SSSR count). The average molecular weight is 512 g/mol. The van der Waals surface area contributed by atoms with Crippen molar-refractivity contribution >= 4 is 41.4 Å². The Hall–Kier alpha value is -2.10. The number of aromatic nitrogens is 1. The van der Waals surface area contributed by atoms with Crippen molar-refractivity contribution in [3.8, 4) is 0 Å². The van der Waals surface area contributed by atoms with Gasteiger partial charge in [0.1, 0.15) is 11.6 Å². The molecule has 0 saturated carbocycles. The summed E-state index contributed by atoms with van der Waals surface area (Å²) in [6.07, 6.45) is 1.83. The lowest BCUT2D eigenvalue weighted by atomic mass is 10.2. The molecular weight excluding hydrogens is 482 g/mol. The molecule has 0 spiro atoms. The molecule has 1 saturated heterocycles. The molecule has 0 amide bonds. The summed E-state index contributed by atoms with van der Waals surface area (Å²) in [5, 5.41) is 3.36. The van der Waals surface area contributed by atoms with Crippen molar-refractivity contribution in [3.05, 3.63) is 54.0 Å². The summed E-state index contributed by atoms with van der Waals surface area (Å²) in [6, 6.07) is 11.3. The van der Waals surface area contributed by atoms with Gasteiger partial charge < -0.3 is 20.0 Å². The summed E-state index contributed by atoms with van der Waals surface area (Å²) in [4.78, 5) is 15.5. The molecule has 8 heteroatoms. The molecule has 1 aliphatic heterocycles. The van der Waals surface area contributed by atoms with Gasteiger partial charge in [-0.2, -0.15) is 0 Å². The number of hydrogen-bond acceptors (Lipinski definition) is 4. The molecule has 0 radical (unpaired) electrons. The maximum Gasteiger partial charge on any atom is 0.194 e. The van der Waals surface area contributed by atoms with Crippen LogP contribution in [-0.2, 0) is 6.54 Å². The second-order valence-electron chi connectivity index (χ2n) is 7.01. The third-order valence-corrected chi connectivity index (χ3v) is 4.79. The number of piperazine rings is 1. The molecular formula is C21H30FIN6. The first kappa shape index (κ1) is 23.2. The van der Waals surface area contributed by atoms with Gasteiger partial charge in [-0.05, 0) is 36.8 Å². The number of rotatable bonds is 5. The van der Waals surface area contributed by atoms with Crippen molar-refractivity contribution in [1.82, 2.24) is 15.2 Å². The Bertz CT molecular complexity index is 791. The highest BCUT2D eigenvalue weighted by Gasteiger charge is 2.20. The quantitative estimate of drug-likeness (QED) is 0.379. The maximum atomic E-state index is 14.2. The standard InChI is InChI=1S/C21H29FN6.HI/c1-4-23-21(25-16-17-8-9-19(26(2)3)18(22)15-17)28-13-11-27(12-14-28)20-7-5-6-10-24-20;/h5-10,15H,4,11-14,16H2,1-3H3,(H,23,25);1H. The molecule has 2 heterocycles. The van der Waals surface area contributed by atoms with Crippen molar-refractivity contribution in [2.24, 2.45) is 4.99 Å². The van der Waals surface area contributed by atoms with Crippen LogP contribution in [0.3, 0.4) is 0 Å². The molecule has 1 N–H and O–H groups in total. The number of nitrogens with zero attached hydrogens (tertiary/aromatic N) is 5. The Labute approximate surface area is 189 Å². The summed E-state index contributed by atoms with van der Waals surface area (Å²) in [5.74, 6) is 1.67. The Balaban J connectivity index is 0.00000300. The Morgan fingerprint density at radius 3 is 2.52 bits per heavy atom. The molecule has 6 nitrogen and oxygen atoms in total. The third-order valence-electron chi connectivity index (χ3n) is 4.79. The first-order chi connectivity index (χ1) is 13.6. The second kappa shape index (κ2) is 11.2. The third kappa shape index (κ3) is 6.19. The molecule has 0 aliphatic carbocycles. The van der Waals surface area contributed by atoms with Gasteiger partial charge in [-0.15, -0.1) is 24.0 Å². The van der Waals surface area contributed by atoms with Gasteiger partial charge in [0.25, 0.3) is 0 Å². The first-order valence-electron chi connectivity index (χ1n) is 9.73. The molecule has 1 aromatic heterocycles. The minimum absolute atomic E-state index is 0. The predicted molar refractivity (Wildman–Crippen MR) is 129 cm³/mol. The number of benzene rings is 1. The van der Waals surface area contributed by atoms with E-state index in [1.807, 2.05) is 44.6 Å². The van der Waals surface area contributed by atoms with Crippen molar-refractivity contribution in [1.29, 1.82) is 0 Å². The summed E-state index contributed by atoms with van der Waals surface area (Å²) in [5.41, 5.74) is 1.45. The largest absolute Gasteiger partial charge is 0.375 e. The van der Waals surface area contributed by atoms with E-state index in [-0.39, 0.29) is 29.8 Å². The van der Waals surface area contributed by atoms with Gasteiger partial charge >= 0.3 is 0 Å². The van der Waals surface area contributed by atoms with Crippen LogP contribution in [0.5, 0.6) is 0 Å². The van der Waals surface area contributed by atoms with Crippen LogP contribution in [0, 0.1) is 5.82 Å². The van der Waals surface area contributed by atoms with Gasteiger partial charge in [0.05, 0.1) is 12.2 Å². The van der Waals surface area contributed by atoms with E-state index in [1.54, 1.807) is 17.0 Å². The van der Waals surface area contributed by atoms with Crippen molar-refractivity contribution in [3.63, 3.8) is 0 Å². The minimum Gasteiger partial charge on any atom is -0.375 e. The summed E-state index contributed by atoms with van der Waals surface area (Å²) in [6.45, 7) is 6.85. The minimum atomic E-state index is -0.216. The number of pyridine rings is 1. The molecule has 1 aliphatic rings. The van der Waals surface area contributed by atoms with Gasteiger partial charge in [0, 0.05) is 53.0 Å². The van der Waals surface area contributed by atoms with Gasteiger partial charge in [-0.1, -0.05) is 12.1 Å². The Morgan fingerprint density at radius 2 is 1.93 bits per heavy atom.